The molecule has 0 spiro atoms. The van der Waals surface area contributed by atoms with Crippen LogP contribution in [0.4, 0.5) is 0 Å². The van der Waals surface area contributed by atoms with Gasteiger partial charge < -0.3 is 13.7 Å². The number of aromatic nitrogens is 2. The number of rotatable bonds is 4. The quantitative estimate of drug-likeness (QED) is 0.726. The first-order valence-electron chi connectivity index (χ1n) is 8.15. The zero-order chi connectivity index (χ0) is 16.5. The van der Waals surface area contributed by atoms with Gasteiger partial charge in [0, 0.05) is 32.0 Å². The van der Waals surface area contributed by atoms with Gasteiger partial charge in [0.25, 0.3) is 0 Å². The predicted molar refractivity (Wildman–Crippen MR) is 93.9 cm³/mol. The maximum atomic E-state index is 5.89. The van der Waals surface area contributed by atoms with Gasteiger partial charge in [0.05, 0.1) is 29.8 Å². The van der Waals surface area contributed by atoms with E-state index in [0.29, 0.717) is 6.61 Å². The SMILES string of the molecule is Cc1oc(-c2cccs2)nc1CN1CCOCC1c1cccn1C. The largest absolute Gasteiger partial charge is 0.440 e. The van der Waals surface area contributed by atoms with Crippen LogP contribution in [0, 0.1) is 6.92 Å². The number of oxazole rings is 1. The maximum absolute atomic E-state index is 5.89. The van der Waals surface area contributed by atoms with Crippen molar-refractivity contribution < 1.29 is 9.15 Å². The molecule has 24 heavy (non-hydrogen) atoms. The van der Waals surface area contributed by atoms with E-state index in [-0.39, 0.29) is 6.04 Å². The first-order chi connectivity index (χ1) is 11.7. The minimum Gasteiger partial charge on any atom is -0.440 e. The molecule has 3 aromatic heterocycles. The molecule has 1 aliphatic rings. The average Bonchev–Trinajstić information content (AvgIpc) is 3.30. The van der Waals surface area contributed by atoms with Gasteiger partial charge in [0.2, 0.25) is 5.89 Å². The third kappa shape index (κ3) is 2.92. The van der Waals surface area contributed by atoms with Crippen LogP contribution in [0.25, 0.3) is 10.8 Å². The Hall–Kier alpha value is -1.89. The number of nitrogens with zero attached hydrogens (tertiary/aromatic N) is 3. The lowest BCUT2D eigenvalue weighted by Crippen LogP contribution is -2.40. The fourth-order valence-electron chi connectivity index (χ4n) is 3.19. The molecule has 1 unspecified atom stereocenters. The number of hydrogen-bond donors (Lipinski definition) is 0. The molecule has 0 saturated carbocycles. The molecule has 4 heterocycles. The van der Waals surface area contributed by atoms with E-state index in [4.69, 9.17) is 14.1 Å². The molecule has 1 fully saturated rings. The Bertz CT molecular complexity index is 806. The molecule has 3 aromatic rings. The zero-order valence-electron chi connectivity index (χ0n) is 13.9. The Kier molecular flexibility index (Phi) is 4.26. The van der Waals surface area contributed by atoms with Gasteiger partial charge >= 0.3 is 0 Å². The molecule has 0 radical (unpaired) electrons. The van der Waals surface area contributed by atoms with Gasteiger partial charge in [-0.05, 0) is 30.5 Å². The number of thiophene rings is 1. The first-order valence-corrected chi connectivity index (χ1v) is 9.03. The monoisotopic (exact) mass is 343 g/mol. The number of hydrogen-bond acceptors (Lipinski definition) is 5. The number of morpholine rings is 1. The van der Waals surface area contributed by atoms with Gasteiger partial charge in [0.15, 0.2) is 0 Å². The van der Waals surface area contributed by atoms with E-state index in [1.54, 1.807) is 11.3 Å². The smallest absolute Gasteiger partial charge is 0.236 e. The van der Waals surface area contributed by atoms with Gasteiger partial charge in [-0.15, -0.1) is 11.3 Å². The summed E-state index contributed by atoms with van der Waals surface area (Å²) < 4.78 is 13.8. The van der Waals surface area contributed by atoms with Gasteiger partial charge in [-0.3, -0.25) is 4.90 Å². The normalized spacial score (nSPS) is 19.0. The van der Waals surface area contributed by atoms with Gasteiger partial charge in [-0.2, -0.15) is 0 Å². The molecule has 6 heteroatoms. The molecule has 1 atom stereocenters. The molecule has 1 saturated heterocycles. The van der Waals surface area contributed by atoms with Crippen molar-refractivity contribution in [1.29, 1.82) is 0 Å². The van der Waals surface area contributed by atoms with Crippen molar-refractivity contribution >= 4 is 11.3 Å². The van der Waals surface area contributed by atoms with Crippen LogP contribution in [0.1, 0.15) is 23.2 Å². The van der Waals surface area contributed by atoms with E-state index in [0.717, 1.165) is 41.9 Å². The highest BCUT2D eigenvalue weighted by molar-refractivity contribution is 7.13. The molecule has 4 rings (SSSR count). The Labute approximate surface area is 145 Å². The van der Waals surface area contributed by atoms with Crippen LogP contribution < -0.4 is 0 Å². The minimum absolute atomic E-state index is 0.250. The Morgan fingerprint density at radius 1 is 1.33 bits per heavy atom. The molecule has 0 amide bonds. The van der Waals surface area contributed by atoms with E-state index in [1.165, 1.54) is 5.69 Å². The molecule has 1 aliphatic heterocycles. The number of ether oxygens (including phenoxy) is 1. The molecule has 0 aliphatic carbocycles. The van der Waals surface area contributed by atoms with Gasteiger partial charge in [0.1, 0.15) is 5.76 Å². The summed E-state index contributed by atoms with van der Waals surface area (Å²) in [6.45, 7) is 5.15. The van der Waals surface area contributed by atoms with Crippen molar-refractivity contribution in [3.8, 4) is 10.8 Å². The molecule has 0 bridgehead atoms. The van der Waals surface area contributed by atoms with Crippen molar-refractivity contribution in [1.82, 2.24) is 14.5 Å². The lowest BCUT2D eigenvalue weighted by atomic mass is 10.1. The summed E-state index contributed by atoms with van der Waals surface area (Å²) in [5, 5.41) is 2.04. The molecule has 0 aromatic carbocycles. The lowest BCUT2D eigenvalue weighted by molar-refractivity contribution is -0.0158. The van der Waals surface area contributed by atoms with E-state index in [2.05, 4.69) is 34.8 Å². The zero-order valence-corrected chi connectivity index (χ0v) is 14.8. The van der Waals surface area contributed by atoms with Gasteiger partial charge in [-0.25, -0.2) is 4.98 Å². The van der Waals surface area contributed by atoms with Crippen LogP contribution in [-0.2, 0) is 18.3 Å². The van der Waals surface area contributed by atoms with E-state index in [9.17, 15) is 0 Å². The third-order valence-electron chi connectivity index (χ3n) is 4.54. The molecular formula is C18H21N3O2S. The van der Waals surface area contributed by atoms with Crippen molar-refractivity contribution in [3.63, 3.8) is 0 Å². The highest BCUT2D eigenvalue weighted by Gasteiger charge is 2.28. The highest BCUT2D eigenvalue weighted by Crippen LogP contribution is 2.29. The summed E-state index contributed by atoms with van der Waals surface area (Å²) in [7, 11) is 2.08. The molecule has 0 N–H and O–H groups in total. The van der Waals surface area contributed by atoms with Crippen LogP contribution in [0.5, 0.6) is 0 Å². The number of aryl methyl sites for hydroxylation is 2. The van der Waals surface area contributed by atoms with Crippen molar-refractivity contribution in [2.75, 3.05) is 19.8 Å². The summed E-state index contributed by atoms with van der Waals surface area (Å²) >= 11 is 1.65. The second kappa shape index (κ2) is 6.55. The van der Waals surface area contributed by atoms with Crippen LogP contribution in [-0.4, -0.2) is 34.2 Å². The maximum Gasteiger partial charge on any atom is 0.236 e. The Morgan fingerprint density at radius 3 is 3.00 bits per heavy atom. The molecular weight excluding hydrogens is 322 g/mol. The second-order valence-corrected chi connectivity index (χ2v) is 7.05. The summed E-state index contributed by atoms with van der Waals surface area (Å²) in [5.74, 6) is 1.62. The van der Waals surface area contributed by atoms with Crippen LogP contribution in [0.3, 0.4) is 0 Å². The van der Waals surface area contributed by atoms with Crippen LogP contribution in [0.2, 0.25) is 0 Å². The van der Waals surface area contributed by atoms with Crippen molar-refractivity contribution in [3.05, 3.63) is 53.0 Å². The second-order valence-electron chi connectivity index (χ2n) is 6.10. The summed E-state index contributed by atoms with van der Waals surface area (Å²) in [4.78, 5) is 8.25. The van der Waals surface area contributed by atoms with Crippen molar-refractivity contribution in [2.24, 2.45) is 7.05 Å². The first kappa shape index (κ1) is 15.6. The highest BCUT2D eigenvalue weighted by atomic mass is 32.1. The molecule has 126 valence electrons. The Morgan fingerprint density at radius 2 is 2.25 bits per heavy atom. The average molecular weight is 343 g/mol. The fourth-order valence-corrected chi connectivity index (χ4v) is 3.84. The third-order valence-corrected chi connectivity index (χ3v) is 5.40. The molecule has 5 nitrogen and oxygen atoms in total. The summed E-state index contributed by atoms with van der Waals surface area (Å²) in [5.41, 5.74) is 2.29. The van der Waals surface area contributed by atoms with Crippen LogP contribution >= 0.6 is 11.3 Å². The minimum atomic E-state index is 0.250. The van der Waals surface area contributed by atoms with E-state index < -0.39 is 0 Å². The Balaban J connectivity index is 1.58. The fraction of sp³-hybridized carbons (Fsp3) is 0.389. The topological polar surface area (TPSA) is 43.4 Å². The van der Waals surface area contributed by atoms with Crippen molar-refractivity contribution in [2.45, 2.75) is 19.5 Å². The van der Waals surface area contributed by atoms with E-state index in [1.807, 2.05) is 24.4 Å². The lowest BCUT2D eigenvalue weighted by Gasteiger charge is -2.35. The summed E-state index contributed by atoms with van der Waals surface area (Å²) in [6, 6.07) is 8.56. The van der Waals surface area contributed by atoms with Gasteiger partial charge in [-0.1, -0.05) is 6.07 Å². The standard InChI is InChI=1S/C18H21N3O2S/c1-13-14(19-18(23-13)17-6-4-10-24-17)11-21-8-9-22-12-16(21)15-5-3-7-20(15)2/h3-7,10,16H,8-9,11-12H2,1-2H3. The predicted octanol–water partition coefficient (Wildman–Crippen LogP) is 3.62. The summed E-state index contributed by atoms with van der Waals surface area (Å²) in [6.07, 6.45) is 2.08. The van der Waals surface area contributed by atoms with Crippen LogP contribution in [0.15, 0.2) is 40.3 Å². The van der Waals surface area contributed by atoms with E-state index >= 15 is 0 Å².